The van der Waals surface area contributed by atoms with Crippen LogP contribution >= 0.6 is 0 Å². The van der Waals surface area contributed by atoms with Crippen LogP contribution in [0, 0.1) is 23.5 Å². The number of esters is 1. The van der Waals surface area contributed by atoms with E-state index in [2.05, 4.69) is 6.58 Å². The number of nitrogens with two attached hydrogens (primary N) is 1. The first kappa shape index (κ1) is 19.4. The van der Waals surface area contributed by atoms with Gasteiger partial charge >= 0.3 is 11.9 Å². The fraction of sp³-hybridized carbons (Fsp3) is 0.444. The number of rotatable bonds is 7. The van der Waals surface area contributed by atoms with Gasteiger partial charge in [0.15, 0.2) is 11.6 Å². The summed E-state index contributed by atoms with van der Waals surface area (Å²) in [6, 6.07) is 3.10. The summed E-state index contributed by atoms with van der Waals surface area (Å²) < 4.78 is 51.5. The minimum absolute atomic E-state index is 0.114. The van der Waals surface area contributed by atoms with Gasteiger partial charge in [-0.1, -0.05) is 18.7 Å². The van der Waals surface area contributed by atoms with E-state index in [0.717, 1.165) is 12.1 Å². The zero-order valence-corrected chi connectivity index (χ0v) is 14.2. The number of alkyl halides is 1. The second kappa shape index (κ2) is 6.65. The molecule has 1 aromatic rings. The predicted octanol–water partition coefficient (Wildman–Crippen LogP) is 1.72. The Morgan fingerprint density at radius 3 is 2.67 bits per heavy atom. The Hall–Kier alpha value is -2.39. The number of hydrogen-bond donors (Lipinski definition) is 2. The number of carbonyl (C=O) groups excluding carboxylic acids is 1. The average molecular weight is 385 g/mol. The van der Waals surface area contributed by atoms with E-state index in [1.54, 1.807) is 0 Å². The Kier molecular flexibility index (Phi) is 4.77. The van der Waals surface area contributed by atoms with Crippen molar-refractivity contribution in [3.05, 3.63) is 48.1 Å². The molecular formula is C18H18F3NO5. The molecule has 146 valence electrons. The summed E-state index contributed by atoms with van der Waals surface area (Å²) in [5.41, 5.74) is 1.59. The SMILES string of the molecule is C=CCOC(=O)[C@@]1(F)[C@@H]2C[C@@H](OCc3ccc(F)c(F)c3)[C@@](N)(C(=O)O)[C@@H]21. The highest BCUT2D eigenvalue weighted by Gasteiger charge is 2.85. The monoisotopic (exact) mass is 385 g/mol. The molecule has 6 nitrogen and oxygen atoms in total. The molecule has 27 heavy (non-hydrogen) atoms. The maximum atomic E-state index is 15.0. The van der Waals surface area contributed by atoms with E-state index < -0.39 is 52.7 Å². The molecule has 5 atom stereocenters. The normalized spacial score (nSPS) is 34.0. The van der Waals surface area contributed by atoms with Crippen molar-refractivity contribution in [3.8, 4) is 0 Å². The third-order valence-corrected chi connectivity index (χ3v) is 5.25. The summed E-state index contributed by atoms with van der Waals surface area (Å²) in [4.78, 5) is 23.7. The van der Waals surface area contributed by atoms with Crippen molar-refractivity contribution in [1.29, 1.82) is 0 Å². The van der Waals surface area contributed by atoms with E-state index in [1.165, 1.54) is 12.1 Å². The summed E-state index contributed by atoms with van der Waals surface area (Å²) in [6.45, 7) is 2.91. The Morgan fingerprint density at radius 1 is 1.37 bits per heavy atom. The topological polar surface area (TPSA) is 98.9 Å². The van der Waals surface area contributed by atoms with Gasteiger partial charge in [0.1, 0.15) is 12.1 Å². The molecule has 0 unspecified atom stereocenters. The maximum absolute atomic E-state index is 15.0. The zero-order valence-electron chi connectivity index (χ0n) is 14.2. The van der Waals surface area contributed by atoms with Gasteiger partial charge in [-0.15, -0.1) is 0 Å². The summed E-state index contributed by atoms with van der Waals surface area (Å²) >= 11 is 0. The minimum atomic E-state index is -2.49. The van der Waals surface area contributed by atoms with E-state index in [-0.39, 0.29) is 25.2 Å². The first-order valence-corrected chi connectivity index (χ1v) is 8.22. The molecule has 2 fully saturated rings. The fourth-order valence-electron chi connectivity index (χ4n) is 3.87. The van der Waals surface area contributed by atoms with Crippen LogP contribution in [-0.4, -0.2) is 41.0 Å². The van der Waals surface area contributed by atoms with Crippen LogP contribution in [0.3, 0.4) is 0 Å². The van der Waals surface area contributed by atoms with Gasteiger partial charge in [-0.25, -0.2) is 18.0 Å². The highest BCUT2D eigenvalue weighted by atomic mass is 19.2. The van der Waals surface area contributed by atoms with E-state index >= 15 is 4.39 Å². The number of carboxylic acid groups (broad SMARTS) is 1. The molecule has 0 bridgehead atoms. The van der Waals surface area contributed by atoms with Gasteiger partial charge < -0.3 is 20.3 Å². The van der Waals surface area contributed by atoms with Crippen LogP contribution in [0.2, 0.25) is 0 Å². The van der Waals surface area contributed by atoms with Gasteiger partial charge in [0.2, 0.25) is 5.67 Å². The number of halogens is 3. The Labute approximate surface area is 152 Å². The highest BCUT2D eigenvalue weighted by Crippen LogP contribution is 2.67. The first-order valence-electron chi connectivity index (χ1n) is 8.22. The lowest BCUT2D eigenvalue weighted by molar-refractivity contribution is -0.159. The molecule has 0 radical (unpaired) electrons. The van der Waals surface area contributed by atoms with Crippen LogP contribution < -0.4 is 5.73 Å². The molecule has 1 aromatic carbocycles. The van der Waals surface area contributed by atoms with Crippen LogP contribution in [0.15, 0.2) is 30.9 Å². The van der Waals surface area contributed by atoms with Crippen LogP contribution in [0.1, 0.15) is 12.0 Å². The predicted molar refractivity (Wildman–Crippen MR) is 86.1 cm³/mol. The zero-order chi connectivity index (χ0) is 20.0. The van der Waals surface area contributed by atoms with Crippen molar-refractivity contribution >= 4 is 11.9 Å². The molecule has 3 rings (SSSR count). The first-order chi connectivity index (χ1) is 12.7. The van der Waals surface area contributed by atoms with E-state index in [9.17, 15) is 23.5 Å². The maximum Gasteiger partial charge on any atom is 0.344 e. The van der Waals surface area contributed by atoms with Crippen molar-refractivity contribution in [3.63, 3.8) is 0 Å². The van der Waals surface area contributed by atoms with Crippen LogP contribution in [0.4, 0.5) is 13.2 Å². The van der Waals surface area contributed by atoms with Crippen LogP contribution in [0.5, 0.6) is 0 Å². The molecule has 9 heteroatoms. The molecule has 3 N–H and O–H groups in total. The molecule has 2 aliphatic rings. The summed E-state index contributed by atoms with van der Waals surface area (Å²) in [6.07, 6.45) is 0.0471. The van der Waals surface area contributed by atoms with Crippen molar-refractivity contribution in [2.75, 3.05) is 6.61 Å². The Morgan fingerprint density at radius 2 is 2.07 bits per heavy atom. The molecular weight excluding hydrogens is 367 g/mol. The molecule has 0 amide bonds. The standard InChI is InChI=1S/C18H18F3NO5/c1-2-5-26-16(25)17(21)10-7-13(18(22,14(10)17)15(23)24)27-8-9-3-4-11(19)12(20)6-9/h2-4,6,10,13-14H,1,5,7-8,22H2,(H,23,24)/t10-,13-,14+,17-,18+/m1/s1. The van der Waals surface area contributed by atoms with Gasteiger partial charge in [0, 0.05) is 11.8 Å². The van der Waals surface area contributed by atoms with Crippen molar-refractivity contribution in [1.82, 2.24) is 0 Å². The lowest BCUT2D eigenvalue weighted by atomic mass is 9.88. The van der Waals surface area contributed by atoms with Gasteiger partial charge in [0.05, 0.1) is 12.7 Å². The van der Waals surface area contributed by atoms with Crippen molar-refractivity contribution in [2.24, 2.45) is 17.6 Å². The number of fused-ring (bicyclic) bond motifs is 1. The third kappa shape index (κ3) is 2.90. The molecule has 0 spiro atoms. The number of hydrogen-bond acceptors (Lipinski definition) is 5. The van der Waals surface area contributed by atoms with Crippen LogP contribution in [0.25, 0.3) is 0 Å². The lowest BCUT2D eigenvalue weighted by Gasteiger charge is -2.32. The lowest BCUT2D eigenvalue weighted by Crippen LogP contribution is -2.60. The molecule has 0 heterocycles. The van der Waals surface area contributed by atoms with Crippen molar-refractivity contribution in [2.45, 2.75) is 30.3 Å². The highest BCUT2D eigenvalue weighted by molar-refractivity contribution is 5.91. The molecule has 2 saturated carbocycles. The number of aliphatic carboxylic acids is 1. The van der Waals surface area contributed by atoms with Gasteiger partial charge in [0.25, 0.3) is 0 Å². The smallest absolute Gasteiger partial charge is 0.344 e. The van der Waals surface area contributed by atoms with Crippen molar-refractivity contribution < 1.29 is 37.3 Å². The van der Waals surface area contributed by atoms with E-state index in [1.807, 2.05) is 0 Å². The number of benzene rings is 1. The molecule has 0 saturated heterocycles. The van der Waals surface area contributed by atoms with Crippen LogP contribution in [-0.2, 0) is 25.7 Å². The second-order valence-corrected chi connectivity index (χ2v) is 6.76. The number of carboxylic acids is 1. The summed E-state index contributed by atoms with van der Waals surface area (Å²) in [7, 11) is 0. The average Bonchev–Trinajstić information content (AvgIpc) is 3.09. The van der Waals surface area contributed by atoms with E-state index in [4.69, 9.17) is 15.2 Å². The largest absolute Gasteiger partial charge is 0.480 e. The molecule has 0 aliphatic heterocycles. The summed E-state index contributed by atoms with van der Waals surface area (Å²) in [5.74, 6) is -7.04. The number of carbonyl (C=O) groups is 2. The Balaban J connectivity index is 1.74. The van der Waals surface area contributed by atoms with Gasteiger partial charge in [-0.05, 0) is 24.1 Å². The van der Waals surface area contributed by atoms with Gasteiger partial charge in [-0.2, -0.15) is 0 Å². The minimum Gasteiger partial charge on any atom is -0.480 e. The quantitative estimate of drug-likeness (QED) is 0.548. The number of ether oxygens (including phenoxy) is 2. The molecule has 0 aromatic heterocycles. The fourth-order valence-corrected chi connectivity index (χ4v) is 3.87. The third-order valence-electron chi connectivity index (χ3n) is 5.25. The molecule has 2 aliphatic carbocycles. The Bertz CT molecular complexity index is 803. The van der Waals surface area contributed by atoms with E-state index in [0.29, 0.717) is 0 Å². The summed E-state index contributed by atoms with van der Waals surface area (Å²) in [5, 5.41) is 9.56. The van der Waals surface area contributed by atoms with Gasteiger partial charge in [-0.3, -0.25) is 4.79 Å². The second-order valence-electron chi connectivity index (χ2n) is 6.76.